The summed E-state index contributed by atoms with van der Waals surface area (Å²) < 4.78 is 5.49. The SMILES string of the molecule is CC(CNCC1CCCN1C(=O)OC(C)(C)C)C1CC1. The monoisotopic (exact) mass is 282 g/mol. The first-order valence-electron chi connectivity index (χ1n) is 8.07. The van der Waals surface area contributed by atoms with E-state index in [2.05, 4.69) is 12.2 Å². The van der Waals surface area contributed by atoms with Crippen molar-refractivity contribution in [2.75, 3.05) is 19.6 Å². The van der Waals surface area contributed by atoms with Gasteiger partial charge < -0.3 is 15.0 Å². The van der Waals surface area contributed by atoms with Crippen LogP contribution in [0, 0.1) is 11.8 Å². The lowest BCUT2D eigenvalue weighted by atomic mass is 10.1. The third kappa shape index (κ3) is 4.65. The zero-order valence-electron chi connectivity index (χ0n) is 13.4. The van der Waals surface area contributed by atoms with Gasteiger partial charge in [-0.25, -0.2) is 4.79 Å². The summed E-state index contributed by atoms with van der Waals surface area (Å²) >= 11 is 0. The van der Waals surface area contributed by atoms with Crippen molar-refractivity contribution in [2.45, 2.75) is 65.0 Å². The number of hydrogen-bond acceptors (Lipinski definition) is 3. The number of hydrogen-bond donors (Lipinski definition) is 1. The molecule has 1 aliphatic heterocycles. The van der Waals surface area contributed by atoms with Gasteiger partial charge in [0.15, 0.2) is 0 Å². The van der Waals surface area contributed by atoms with Crippen molar-refractivity contribution in [3.63, 3.8) is 0 Å². The summed E-state index contributed by atoms with van der Waals surface area (Å²) in [6, 6.07) is 0.302. The van der Waals surface area contributed by atoms with Gasteiger partial charge in [0.2, 0.25) is 0 Å². The highest BCUT2D eigenvalue weighted by Crippen LogP contribution is 2.36. The first kappa shape index (κ1) is 15.6. The normalized spacial score (nSPS) is 24.8. The summed E-state index contributed by atoms with van der Waals surface area (Å²) in [7, 11) is 0. The predicted molar refractivity (Wildman–Crippen MR) is 80.7 cm³/mol. The van der Waals surface area contributed by atoms with Crippen LogP contribution in [0.15, 0.2) is 0 Å². The van der Waals surface area contributed by atoms with Crippen LogP contribution in [0.1, 0.15) is 53.4 Å². The Morgan fingerprint density at radius 2 is 2.05 bits per heavy atom. The largest absolute Gasteiger partial charge is 0.444 e. The number of carbonyl (C=O) groups is 1. The standard InChI is InChI=1S/C16H30N2O2/c1-12(13-7-8-13)10-17-11-14-6-5-9-18(14)15(19)20-16(2,3)4/h12-14,17H,5-11H2,1-4H3. The molecule has 1 amide bonds. The van der Waals surface area contributed by atoms with Gasteiger partial charge in [-0.2, -0.15) is 0 Å². The van der Waals surface area contributed by atoms with Crippen molar-refractivity contribution >= 4 is 6.09 Å². The smallest absolute Gasteiger partial charge is 0.410 e. The summed E-state index contributed by atoms with van der Waals surface area (Å²) in [6.45, 7) is 10.9. The fourth-order valence-corrected chi connectivity index (χ4v) is 2.92. The molecule has 1 saturated heterocycles. The molecule has 4 heteroatoms. The van der Waals surface area contributed by atoms with E-state index in [1.165, 1.54) is 12.8 Å². The Labute approximate surface area is 123 Å². The molecular weight excluding hydrogens is 252 g/mol. The minimum Gasteiger partial charge on any atom is -0.444 e. The summed E-state index contributed by atoms with van der Waals surface area (Å²) in [5.74, 6) is 1.71. The zero-order chi connectivity index (χ0) is 14.8. The Bertz CT molecular complexity index is 334. The van der Waals surface area contributed by atoms with Crippen molar-refractivity contribution in [1.29, 1.82) is 0 Å². The van der Waals surface area contributed by atoms with Crippen LogP contribution in [0.5, 0.6) is 0 Å². The maximum absolute atomic E-state index is 12.2. The molecule has 20 heavy (non-hydrogen) atoms. The Morgan fingerprint density at radius 1 is 1.35 bits per heavy atom. The van der Waals surface area contributed by atoms with E-state index in [-0.39, 0.29) is 6.09 Å². The van der Waals surface area contributed by atoms with Gasteiger partial charge in [-0.15, -0.1) is 0 Å². The molecule has 2 atom stereocenters. The van der Waals surface area contributed by atoms with Crippen LogP contribution in [-0.4, -0.2) is 42.3 Å². The Hall–Kier alpha value is -0.770. The Balaban J connectivity index is 1.73. The maximum atomic E-state index is 12.2. The van der Waals surface area contributed by atoms with Crippen molar-refractivity contribution in [1.82, 2.24) is 10.2 Å². The molecule has 2 aliphatic rings. The fourth-order valence-electron chi connectivity index (χ4n) is 2.92. The minimum absolute atomic E-state index is 0.156. The second kappa shape index (κ2) is 6.33. The van der Waals surface area contributed by atoms with Crippen molar-refractivity contribution in [3.05, 3.63) is 0 Å². The van der Waals surface area contributed by atoms with Crippen LogP contribution in [0.3, 0.4) is 0 Å². The summed E-state index contributed by atoms with van der Waals surface area (Å²) in [5.41, 5.74) is -0.405. The van der Waals surface area contributed by atoms with Crippen LogP contribution in [0.25, 0.3) is 0 Å². The zero-order valence-corrected chi connectivity index (χ0v) is 13.4. The van der Waals surface area contributed by atoms with Crippen molar-refractivity contribution < 1.29 is 9.53 Å². The van der Waals surface area contributed by atoms with E-state index in [0.717, 1.165) is 44.3 Å². The quantitative estimate of drug-likeness (QED) is 0.842. The van der Waals surface area contributed by atoms with Crippen LogP contribution >= 0.6 is 0 Å². The van der Waals surface area contributed by atoms with Gasteiger partial charge in [0.05, 0.1) is 0 Å². The third-order valence-corrected chi connectivity index (χ3v) is 4.28. The lowest BCUT2D eigenvalue weighted by Crippen LogP contribution is -2.44. The van der Waals surface area contributed by atoms with Gasteiger partial charge in [0, 0.05) is 19.1 Å². The predicted octanol–water partition coefficient (Wildman–Crippen LogP) is 3.02. The van der Waals surface area contributed by atoms with E-state index < -0.39 is 5.60 Å². The van der Waals surface area contributed by atoms with Gasteiger partial charge in [0.25, 0.3) is 0 Å². The number of carbonyl (C=O) groups excluding carboxylic acids is 1. The summed E-state index contributed by atoms with van der Waals surface area (Å²) in [4.78, 5) is 14.1. The lowest BCUT2D eigenvalue weighted by Gasteiger charge is -2.29. The number of rotatable bonds is 5. The van der Waals surface area contributed by atoms with Crippen molar-refractivity contribution in [2.24, 2.45) is 11.8 Å². The van der Waals surface area contributed by atoms with Crippen LogP contribution in [0.4, 0.5) is 4.79 Å². The number of nitrogens with one attached hydrogen (secondary N) is 1. The molecule has 2 fully saturated rings. The van der Waals surface area contributed by atoms with Gasteiger partial charge >= 0.3 is 6.09 Å². The number of likely N-dealkylation sites (tertiary alicyclic amines) is 1. The first-order valence-corrected chi connectivity index (χ1v) is 8.07. The van der Waals surface area contributed by atoms with Crippen LogP contribution in [-0.2, 0) is 4.74 Å². The average Bonchev–Trinajstić information content (AvgIpc) is 3.07. The second-order valence-electron chi connectivity index (χ2n) is 7.44. The molecule has 4 nitrogen and oxygen atoms in total. The molecule has 1 N–H and O–H groups in total. The molecule has 2 rings (SSSR count). The molecule has 1 saturated carbocycles. The highest BCUT2D eigenvalue weighted by Gasteiger charge is 2.32. The molecule has 116 valence electrons. The van der Waals surface area contributed by atoms with Crippen molar-refractivity contribution in [3.8, 4) is 0 Å². The highest BCUT2D eigenvalue weighted by molar-refractivity contribution is 5.69. The summed E-state index contributed by atoms with van der Waals surface area (Å²) in [6.07, 6.45) is 4.82. The van der Waals surface area contributed by atoms with Gasteiger partial charge in [-0.1, -0.05) is 6.92 Å². The van der Waals surface area contributed by atoms with Gasteiger partial charge in [0.1, 0.15) is 5.60 Å². The van der Waals surface area contributed by atoms with Gasteiger partial charge in [-0.05, 0) is 64.8 Å². The number of amides is 1. The van der Waals surface area contributed by atoms with E-state index in [4.69, 9.17) is 4.74 Å². The Morgan fingerprint density at radius 3 is 2.65 bits per heavy atom. The second-order valence-corrected chi connectivity index (χ2v) is 7.44. The molecule has 1 aliphatic carbocycles. The van der Waals surface area contributed by atoms with E-state index >= 15 is 0 Å². The minimum atomic E-state index is -0.405. The fraction of sp³-hybridized carbons (Fsp3) is 0.938. The molecule has 0 spiro atoms. The molecular formula is C16H30N2O2. The topological polar surface area (TPSA) is 41.6 Å². The van der Waals surface area contributed by atoms with E-state index in [0.29, 0.717) is 6.04 Å². The molecule has 1 heterocycles. The van der Waals surface area contributed by atoms with E-state index in [1.54, 1.807) is 0 Å². The maximum Gasteiger partial charge on any atom is 0.410 e. The molecule has 0 aromatic carbocycles. The molecule has 0 aromatic rings. The van der Waals surface area contributed by atoms with E-state index in [9.17, 15) is 4.79 Å². The Kier molecular flexibility index (Phi) is 4.95. The van der Waals surface area contributed by atoms with E-state index in [1.807, 2.05) is 25.7 Å². The number of ether oxygens (including phenoxy) is 1. The van der Waals surface area contributed by atoms with Gasteiger partial charge in [-0.3, -0.25) is 0 Å². The lowest BCUT2D eigenvalue weighted by molar-refractivity contribution is 0.0226. The highest BCUT2D eigenvalue weighted by atomic mass is 16.6. The molecule has 0 bridgehead atoms. The third-order valence-electron chi connectivity index (χ3n) is 4.28. The molecule has 0 aromatic heterocycles. The molecule has 2 unspecified atom stereocenters. The number of nitrogens with zero attached hydrogens (tertiary/aromatic N) is 1. The molecule has 0 radical (unpaired) electrons. The average molecular weight is 282 g/mol. The van der Waals surface area contributed by atoms with Crippen LogP contribution < -0.4 is 5.32 Å². The summed E-state index contributed by atoms with van der Waals surface area (Å²) in [5, 5.41) is 3.55. The van der Waals surface area contributed by atoms with Crippen LogP contribution in [0.2, 0.25) is 0 Å². The first-order chi connectivity index (χ1) is 9.37.